The first-order chi connectivity index (χ1) is 7.17. The standard InChI is InChI=1S/C12H17N3/c1-4-5-9(2)14-12-11(8-13)7-6-10(3)15-12/h6-7,9H,4-5H2,1-3H3,(H,14,15). The highest BCUT2D eigenvalue weighted by Crippen LogP contribution is 2.14. The number of rotatable bonds is 4. The Morgan fingerprint density at radius 1 is 1.53 bits per heavy atom. The van der Waals surface area contributed by atoms with Gasteiger partial charge in [0.25, 0.3) is 0 Å². The lowest BCUT2D eigenvalue weighted by Gasteiger charge is -2.14. The summed E-state index contributed by atoms with van der Waals surface area (Å²) in [6.45, 7) is 6.18. The Morgan fingerprint density at radius 3 is 2.87 bits per heavy atom. The first-order valence-electron chi connectivity index (χ1n) is 5.31. The molecule has 15 heavy (non-hydrogen) atoms. The van der Waals surface area contributed by atoms with Gasteiger partial charge in [-0.2, -0.15) is 5.26 Å². The van der Waals surface area contributed by atoms with Gasteiger partial charge in [0.2, 0.25) is 0 Å². The van der Waals surface area contributed by atoms with E-state index in [1.807, 2.05) is 19.1 Å². The lowest BCUT2D eigenvalue weighted by atomic mass is 10.2. The minimum Gasteiger partial charge on any atom is -0.367 e. The molecule has 80 valence electrons. The van der Waals surface area contributed by atoms with E-state index in [9.17, 15) is 0 Å². The van der Waals surface area contributed by atoms with Gasteiger partial charge in [-0.15, -0.1) is 0 Å². The average Bonchev–Trinajstić information content (AvgIpc) is 2.18. The molecule has 0 radical (unpaired) electrons. The summed E-state index contributed by atoms with van der Waals surface area (Å²) in [6.07, 6.45) is 2.21. The Balaban J connectivity index is 2.83. The molecule has 3 heteroatoms. The van der Waals surface area contributed by atoms with Crippen molar-refractivity contribution in [1.82, 2.24) is 4.98 Å². The van der Waals surface area contributed by atoms with Crippen LogP contribution in [0.15, 0.2) is 12.1 Å². The van der Waals surface area contributed by atoms with Crippen molar-refractivity contribution in [2.75, 3.05) is 5.32 Å². The maximum absolute atomic E-state index is 8.92. The number of nitrogens with zero attached hydrogens (tertiary/aromatic N) is 2. The van der Waals surface area contributed by atoms with Crippen LogP contribution < -0.4 is 5.32 Å². The predicted octanol–water partition coefficient (Wildman–Crippen LogP) is 2.86. The number of aryl methyl sites for hydroxylation is 1. The third-order valence-corrected chi connectivity index (χ3v) is 2.26. The molecule has 1 atom stereocenters. The molecule has 0 aliphatic carbocycles. The van der Waals surface area contributed by atoms with E-state index < -0.39 is 0 Å². The van der Waals surface area contributed by atoms with Gasteiger partial charge < -0.3 is 5.32 Å². The number of pyridine rings is 1. The van der Waals surface area contributed by atoms with Gasteiger partial charge in [-0.1, -0.05) is 13.3 Å². The van der Waals surface area contributed by atoms with Crippen molar-refractivity contribution in [2.45, 2.75) is 39.7 Å². The van der Waals surface area contributed by atoms with Gasteiger partial charge in [0, 0.05) is 11.7 Å². The second kappa shape index (κ2) is 5.35. The highest BCUT2D eigenvalue weighted by atomic mass is 15.0. The number of hydrogen-bond donors (Lipinski definition) is 1. The van der Waals surface area contributed by atoms with Crippen molar-refractivity contribution in [3.63, 3.8) is 0 Å². The second-order valence-electron chi connectivity index (χ2n) is 3.79. The molecule has 0 aromatic carbocycles. The zero-order chi connectivity index (χ0) is 11.3. The fourth-order valence-corrected chi connectivity index (χ4v) is 1.50. The average molecular weight is 203 g/mol. The van der Waals surface area contributed by atoms with Gasteiger partial charge in [0.15, 0.2) is 0 Å². The quantitative estimate of drug-likeness (QED) is 0.818. The van der Waals surface area contributed by atoms with Crippen LogP contribution in [0.4, 0.5) is 5.82 Å². The maximum Gasteiger partial charge on any atom is 0.144 e. The normalized spacial score (nSPS) is 11.9. The summed E-state index contributed by atoms with van der Waals surface area (Å²) < 4.78 is 0. The van der Waals surface area contributed by atoms with Crippen LogP contribution in [-0.4, -0.2) is 11.0 Å². The van der Waals surface area contributed by atoms with E-state index in [1.54, 1.807) is 0 Å². The van der Waals surface area contributed by atoms with Crippen LogP contribution in [0, 0.1) is 18.3 Å². The summed E-state index contributed by atoms with van der Waals surface area (Å²) in [7, 11) is 0. The summed E-state index contributed by atoms with van der Waals surface area (Å²) >= 11 is 0. The molecule has 0 aliphatic rings. The van der Waals surface area contributed by atoms with Crippen LogP contribution >= 0.6 is 0 Å². The van der Waals surface area contributed by atoms with Gasteiger partial charge in [-0.25, -0.2) is 4.98 Å². The highest BCUT2D eigenvalue weighted by molar-refractivity contribution is 5.52. The fraction of sp³-hybridized carbons (Fsp3) is 0.500. The van der Waals surface area contributed by atoms with Crippen molar-refractivity contribution in [3.8, 4) is 6.07 Å². The fourth-order valence-electron chi connectivity index (χ4n) is 1.50. The highest BCUT2D eigenvalue weighted by Gasteiger charge is 2.06. The number of nitriles is 1. The molecule has 0 amide bonds. The molecule has 0 fully saturated rings. The van der Waals surface area contributed by atoms with Crippen LogP contribution in [0.25, 0.3) is 0 Å². The van der Waals surface area contributed by atoms with E-state index in [1.165, 1.54) is 0 Å². The summed E-state index contributed by atoms with van der Waals surface area (Å²) in [5, 5.41) is 12.2. The summed E-state index contributed by atoms with van der Waals surface area (Å²) in [5.41, 5.74) is 1.55. The molecule has 1 heterocycles. The number of nitrogens with one attached hydrogen (secondary N) is 1. The van der Waals surface area contributed by atoms with Gasteiger partial charge in [0.1, 0.15) is 11.9 Å². The van der Waals surface area contributed by atoms with Crippen molar-refractivity contribution >= 4 is 5.82 Å². The predicted molar refractivity (Wildman–Crippen MR) is 61.7 cm³/mol. The van der Waals surface area contributed by atoms with E-state index in [4.69, 9.17) is 5.26 Å². The smallest absolute Gasteiger partial charge is 0.144 e. The molecular formula is C12H17N3. The molecule has 3 nitrogen and oxygen atoms in total. The number of anilines is 1. The Labute approximate surface area is 91.1 Å². The summed E-state index contributed by atoms with van der Waals surface area (Å²) in [5.74, 6) is 0.707. The van der Waals surface area contributed by atoms with Crippen LogP contribution in [0.2, 0.25) is 0 Å². The molecule has 1 aromatic heterocycles. The minimum atomic E-state index is 0.358. The van der Waals surface area contributed by atoms with E-state index in [2.05, 4.69) is 30.2 Å². The molecule has 0 saturated carbocycles. The van der Waals surface area contributed by atoms with Crippen molar-refractivity contribution in [2.24, 2.45) is 0 Å². The molecule has 0 saturated heterocycles. The Hall–Kier alpha value is -1.56. The number of aromatic nitrogens is 1. The van der Waals surface area contributed by atoms with Crippen molar-refractivity contribution < 1.29 is 0 Å². The molecule has 1 N–H and O–H groups in total. The van der Waals surface area contributed by atoms with Crippen molar-refractivity contribution in [1.29, 1.82) is 5.26 Å². The van der Waals surface area contributed by atoms with Crippen LogP contribution in [-0.2, 0) is 0 Å². The van der Waals surface area contributed by atoms with Gasteiger partial charge in [-0.05, 0) is 32.4 Å². The summed E-state index contributed by atoms with van der Waals surface area (Å²) in [4.78, 5) is 4.33. The first-order valence-corrected chi connectivity index (χ1v) is 5.31. The largest absolute Gasteiger partial charge is 0.367 e. The van der Waals surface area contributed by atoms with Crippen LogP contribution in [0.5, 0.6) is 0 Å². The number of hydrogen-bond acceptors (Lipinski definition) is 3. The van der Waals surface area contributed by atoms with E-state index in [0.29, 0.717) is 17.4 Å². The lowest BCUT2D eigenvalue weighted by Crippen LogP contribution is -2.16. The third-order valence-electron chi connectivity index (χ3n) is 2.26. The minimum absolute atomic E-state index is 0.358. The molecule has 0 bridgehead atoms. The second-order valence-corrected chi connectivity index (χ2v) is 3.79. The Morgan fingerprint density at radius 2 is 2.27 bits per heavy atom. The zero-order valence-electron chi connectivity index (χ0n) is 9.54. The van der Waals surface area contributed by atoms with E-state index in [-0.39, 0.29) is 0 Å². The summed E-state index contributed by atoms with van der Waals surface area (Å²) in [6, 6.07) is 6.17. The van der Waals surface area contributed by atoms with Gasteiger partial charge in [0.05, 0.1) is 5.56 Å². The zero-order valence-corrected chi connectivity index (χ0v) is 9.54. The molecule has 1 rings (SSSR count). The monoisotopic (exact) mass is 203 g/mol. The van der Waals surface area contributed by atoms with E-state index >= 15 is 0 Å². The SMILES string of the molecule is CCCC(C)Nc1nc(C)ccc1C#N. The third kappa shape index (κ3) is 3.25. The topological polar surface area (TPSA) is 48.7 Å². The van der Waals surface area contributed by atoms with E-state index in [0.717, 1.165) is 18.5 Å². The lowest BCUT2D eigenvalue weighted by molar-refractivity contribution is 0.687. The Kier molecular flexibility index (Phi) is 4.11. The molecule has 1 aromatic rings. The molecule has 1 unspecified atom stereocenters. The van der Waals surface area contributed by atoms with Gasteiger partial charge >= 0.3 is 0 Å². The van der Waals surface area contributed by atoms with Crippen molar-refractivity contribution in [3.05, 3.63) is 23.4 Å². The Bertz CT molecular complexity index is 366. The molecular weight excluding hydrogens is 186 g/mol. The molecule has 0 spiro atoms. The first kappa shape index (κ1) is 11.5. The van der Waals surface area contributed by atoms with Crippen LogP contribution in [0.3, 0.4) is 0 Å². The van der Waals surface area contributed by atoms with Gasteiger partial charge in [-0.3, -0.25) is 0 Å². The maximum atomic E-state index is 8.92. The molecule has 0 aliphatic heterocycles. The van der Waals surface area contributed by atoms with Crippen LogP contribution in [0.1, 0.15) is 37.9 Å².